The van der Waals surface area contributed by atoms with Gasteiger partial charge in [-0.25, -0.2) is 9.59 Å². The lowest BCUT2D eigenvalue weighted by Crippen LogP contribution is -2.03. The molecule has 0 aliphatic heterocycles. The fraction of sp³-hybridized carbons (Fsp3) is 0.200. The fourth-order valence-electron chi connectivity index (χ4n) is 3.49. The van der Waals surface area contributed by atoms with Gasteiger partial charge in [0.25, 0.3) is 0 Å². The number of methoxy groups -OCH3 is 2. The molecule has 0 radical (unpaired) electrons. The van der Waals surface area contributed by atoms with Crippen LogP contribution in [0.5, 0.6) is 11.5 Å². The molecular weight excluding hydrogens is 396 g/mol. The van der Waals surface area contributed by atoms with Gasteiger partial charge in [0.2, 0.25) is 0 Å². The second kappa shape index (κ2) is 8.52. The van der Waals surface area contributed by atoms with Crippen LogP contribution in [0.4, 0.5) is 0 Å². The summed E-state index contributed by atoms with van der Waals surface area (Å²) in [5.41, 5.74) is 2.45. The Bertz CT molecular complexity index is 1320. The summed E-state index contributed by atoms with van der Waals surface area (Å²) in [6.45, 7) is 2.29. The van der Waals surface area contributed by atoms with E-state index >= 15 is 0 Å². The Morgan fingerprint density at radius 2 is 1.61 bits per heavy atom. The van der Waals surface area contributed by atoms with E-state index in [1.807, 2.05) is 31.2 Å². The van der Waals surface area contributed by atoms with E-state index in [9.17, 15) is 9.59 Å². The monoisotopic (exact) mass is 418 g/mol. The van der Waals surface area contributed by atoms with Crippen LogP contribution in [0.3, 0.4) is 0 Å². The highest BCUT2D eigenvalue weighted by molar-refractivity contribution is 6.05. The lowest BCUT2D eigenvalue weighted by atomic mass is 10.0. The molecule has 1 heterocycles. The van der Waals surface area contributed by atoms with Gasteiger partial charge in [-0.1, -0.05) is 31.2 Å². The number of hydrogen-bond donors (Lipinski definition) is 0. The first kappa shape index (κ1) is 20.5. The number of esters is 1. The zero-order valence-electron chi connectivity index (χ0n) is 17.6. The smallest absolute Gasteiger partial charge is 0.344 e. The topological polar surface area (TPSA) is 75.0 Å². The molecule has 0 aliphatic carbocycles. The molecule has 0 atom stereocenters. The minimum Gasteiger partial charge on any atom is -0.493 e. The third-order valence-electron chi connectivity index (χ3n) is 5.24. The van der Waals surface area contributed by atoms with E-state index in [0.717, 1.165) is 28.3 Å². The molecule has 31 heavy (non-hydrogen) atoms. The SMILES string of the molecule is CCc1ccc2c(c1)c(=O)oc1cc(OCc3ccc(C(=O)OC)cc3)c(OC)cc12. The van der Waals surface area contributed by atoms with Crippen LogP contribution >= 0.6 is 0 Å². The van der Waals surface area contributed by atoms with E-state index in [0.29, 0.717) is 28.0 Å². The van der Waals surface area contributed by atoms with E-state index in [4.69, 9.17) is 18.6 Å². The Balaban J connectivity index is 1.69. The van der Waals surface area contributed by atoms with E-state index in [-0.39, 0.29) is 12.2 Å². The summed E-state index contributed by atoms with van der Waals surface area (Å²) in [6.07, 6.45) is 0.837. The van der Waals surface area contributed by atoms with Crippen molar-refractivity contribution in [2.75, 3.05) is 14.2 Å². The standard InChI is InChI=1S/C25H22O6/c1-4-15-7-10-18-19-12-22(28-2)23(13-21(19)31-25(27)20(18)11-15)30-14-16-5-8-17(9-6-16)24(26)29-3/h5-13H,4,14H2,1-3H3. The molecule has 1 aromatic heterocycles. The van der Waals surface area contributed by atoms with Crippen molar-refractivity contribution < 1.29 is 23.4 Å². The Kier molecular flexibility index (Phi) is 5.62. The predicted molar refractivity (Wildman–Crippen MR) is 118 cm³/mol. The molecular formula is C25H22O6. The molecule has 3 aromatic carbocycles. The Morgan fingerprint density at radius 1 is 0.871 bits per heavy atom. The average Bonchev–Trinajstić information content (AvgIpc) is 2.81. The van der Waals surface area contributed by atoms with Crippen molar-refractivity contribution in [2.45, 2.75) is 20.0 Å². The van der Waals surface area contributed by atoms with Gasteiger partial charge in [0, 0.05) is 16.8 Å². The van der Waals surface area contributed by atoms with Crippen LogP contribution in [0.1, 0.15) is 28.4 Å². The molecule has 4 rings (SSSR count). The van der Waals surface area contributed by atoms with Crippen molar-refractivity contribution >= 4 is 27.7 Å². The maximum atomic E-state index is 12.5. The highest BCUT2D eigenvalue weighted by Gasteiger charge is 2.14. The second-order valence-corrected chi connectivity index (χ2v) is 7.10. The zero-order chi connectivity index (χ0) is 22.0. The van der Waals surface area contributed by atoms with Gasteiger partial charge in [-0.3, -0.25) is 0 Å². The summed E-state index contributed by atoms with van der Waals surface area (Å²) in [4.78, 5) is 24.1. The number of fused-ring (bicyclic) bond motifs is 3. The number of ether oxygens (including phenoxy) is 3. The van der Waals surface area contributed by atoms with Crippen LogP contribution in [-0.2, 0) is 17.8 Å². The second-order valence-electron chi connectivity index (χ2n) is 7.10. The Hall–Kier alpha value is -3.80. The van der Waals surface area contributed by atoms with Crippen molar-refractivity contribution in [3.05, 3.63) is 81.7 Å². The van der Waals surface area contributed by atoms with E-state index < -0.39 is 5.97 Å². The molecule has 0 fully saturated rings. The third kappa shape index (κ3) is 3.97. The zero-order valence-corrected chi connectivity index (χ0v) is 17.6. The fourth-order valence-corrected chi connectivity index (χ4v) is 3.49. The highest BCUT2D eigenvalue weighted by atomic mass is 16.5. The maximum Gasteiger partial charge on any atom is 0.344 e. The summed E-state index contributed by atoms with van der Waals surface area (Å²) in [6, 6.07) is 16.3. The number of carbonyl (C=O) groups excluding carboxylic acids is 1. The molecule has 0 N–H and O–H groups in total. The van der Waals surface area contributed by atoms with Gasteiger partial charge < -0.3 is 18.6 Å². The molecule has 0 saturated heterocycles. The quantitative estimate of drug-likeness (QED) is 0.252. The van der Waals surface area contributed by atoms with Crippen LogP contribution in [0, 0.1) is 0 Å². The van der Waals surface area contributed by atoms with Crippen LogP contribution in [0.15, 0.2) is 63.8 Å². The van der Waals surface area contributed by atoms with Crippen molar-refractivity contribution in [1.82, 2.24) is 0 Å². The summed E-state index contributed by atoms with van der Waals surface area (Å²) >= 11 is 0. The van der Waals surface area contributed by atoms with Crippen LogP contribution in [-0.4, -0.2) is 20.2 Å². The van der Waals surface area contributed by atoms with Gasteiger partial charge in [0.15, 0.2) is 11.5 Å². The van der Waals surface area contributed by atoms with Crippen molar-refractivity contribution in [1.29, 1.82) is 0 Å². The molecule has 6 heteroatoms. The van der Waals surface area contributed by atoms with Crippen LogP contribution in [0.2, 0.25) is 0 Å². The van der Waals surface area contributed by atoms with Gasteiger partial charge in [-0.15, -0.1) is 0 Å². The van der Waals surface area contributed by atoms with E-state index in [1.165, 1.54) is 7.11 Å². The van der Waals surface area contributed by atoms with Crippen LogP contribution < -0.4 is 15.1 Å². The molecule has 158 valence electrons. The largest absolute Gasteiger partial charge is 0.493 e. The maximum absolute atomic E-state index is 12.5. The average molecular weight is 418 g/mol. The number of rotatable bonds is 6. The first-order chi connectivity index (χ1) is 15.0. The lowest BCUT2D eigenvalue weighted by molar-refractivity contribution is 0.0600. The summed E-state index contributed by atoms with van der Waals surface area (Å²) in [5.74, 6) is 0.602. The van der Waals surface area contributed by atoms with Gasteiger partial charge in [-0.2, -0.15) is 0 Å². The lowest BCUT2D eigenvalue weighted by Gasteiger charge is -2.13. The van der Waals surface area contributed by atoms with Gasteiger partial charge in [0.1, 0.15) is 12.2 Å². The van der Waals surface area contributed by atoms with E-state index in [2.05, 4.69) is 0 Å². The highest BCUT2D eigenvalue weighted by Crippen LogP contribution is 2.35. The minimum atomic E-state index is -0.392. The summed E-state index contributed by atoms with van der Waals surface area (Å²) in [5, 5.41) is 2.14. The molecule has 4 aromatic rings. The molecule has 0 unspecified atom stereocenters. The van der Waals surface area contributed by atoms with Crippen LogP contribution in [0.25, 0.3) is 21.7 Å². The Morgan fingerprint density at radius 3 is 2.29 bits per heavy atom. The number of aryl methyl sites for hydroxylation is 1. The molecule has 6 nitrogen and oxygen atoms in total. The predicted octanol–water partition coefficient (Wildman–Crippen LogP) is 4.88. The van der Waals surface area contributed by atoms with Crippen molar-refractivity contribution in [3.63, 3.8) is 0 Å². The normalized spacial score (nSPS) is 10.9. The number of carbonyl (C=O) groups is 1. The Labute approximate surface area is 179 Å². The molecule has 0 spiro atoms. The molecule has 0 bridgehead atoms. The van der Waals surface area contributed by atoms with Gasteiger partial charge >= 0.3 is 11.6 Å². The van der Waals surface area contributed by atoms with E-state index in [1.54, 1.807) is 37.4 Å². The summed E-state index contributed by atoms with van der Waals surface area (Å²) in [7, 11) is 2.91. The number of hydrogen-bond acceptors (Lipinski definition) is 6. The van der Waals surface area contributed by atoms with Crippen molar-refractivity contribution in [2.24, 2.45) is 0 Å². The molecule has 0 aliphatic rings. The van der Waals surface area contributed by atoms with Gasteiger partial charge in [-0.05, 0) is 41.8 Å². The first-order valence-electron chi connectivity index (χ1n) is 9.91. The van der Waals surface area contributed by atoms with Gasteiger partial charge in [0.05, 0.1) is 25.2 Å². The van der Waals surface area contributed by atoms with Crippen molar-refractivity contribution in [3.8, 4) is 11.5 Å². The molecule has 0 amide bonds. The minimum absolute atomic E-state index is 0.251. The first-order valence-corrected chi connectivity index (χ1v) is 9.91. The summed E-state index contributed by atoms with van der Waals surface area (Å²) < 4.78 is 21.7. The third-order valence-corrected chi connectivity index (χ3v) is 5.24. The number of benzene rings is 3. The molecule has 0 saturated carbocycles.